The van der Waals surface area contributed by atoms with Crippen LogP contribution in [0.1, 0.15) is 51.3 Å². The van der Waals surface area contributed by atoms with Gasteiger partial charge in [0.2, 0.25) is 5.95 Å². The first-order valence-electron chi connectivity index (χ1n) is 14.0. The normalized spacial score (nSPS) is 24.9. The zero-order valence-electron chi connectivity index (χ0n) is 23.5. The summed E-state index contributed by atoms with van der Waals surface area (Å²) in [4.78, 5) is 19.0. The number of anilines is 5. The van der Waals surface area contributed by atoms with Gasteiger partial charge in [-0.15, -0.1) is 0 Å². The number of nitrogens with zero attached hydrogens (tertiary/aromatic N) is 5. The van der Waals surface area contributed by atoms with Gasteiger partial charge >= 0.3 is 0 Å². The topological polar surface area (TPSA) is 78.4 Å². The van der Waals surface area contributed by atoms with Gasteiger partial charge in [-0.3, -0.25) is 0 Å². The maximum Gasteiger partial charge on any atom is 0.251 e. The largest absolute Gasteiger partial charge is 0.374 e. The molecular formula is C30H37F2N7O. The van der Waals surface area contributed by atoms with Crippen molar-refractivity contribution in [1.82, 2.24) is 20.3 Å². The number of hydrogen-bond acceptors (Lipinski definition) is 8. The van der Waals surface area contributed by atoms with Crippen LogP contribution < -0.4 is 20.4 Å². The van der Waals surface area contributed by atoms with E-state index in [1.807, 2.05) is 60.6 Å². The molecule has 0 unspecified atom stereocenters. The molecule has 2 saturated heterocycles. The van der Waals surface area contributed by atoms with Gasteiger partial charge < -0.3 is 25.2 Å². The Kier molecular flexibility index (Phi) is 6.65. The van der Waals surface area contributed by atoms with Gasteiger partial charge in [0, 0.05) is 61.0 Å². The second kappa shape index (κ2) is 9.92. The number of halogens is 2. The van der Waals surface area contributed by atoms with Crippen LogP contribution in [0.25, 0.3) is 0 Å². The first-order valence-corrected chi connectivity index (χ1v) is 14.0. The molecule has 0 spiro atoms. The van der Waals surface area contributed by atoms with Gasteiger partial charge in [0.15, 0.2) is 0 Å². The Morgan fingerprint density at radius 1 is 1.02 bits per heavy atom. The minimum Gasteiger partial charge on any atom is -0.374 e. The first-order chi connectivity index (χ1) is 19.1. The standard InChI is InChI=1S/C30H37F2N7O/c1-28(2)16-24-29(3,19-40-28)23-18-34-27(37-26(23)39(24)25-7-5-6-21(35-25)17-33-4)36-20-8-10-22(11-9-20)38-14-12-30(31,32)13-15-38/h5-11,18,24,33H,12-17,19H2,1-4H3,(H,34,36,37)/t24-,29-/m1/s1. The maximum atomic E-state index is 13.6. The summed E-state index contributed by atoms with van der Waals surface area (Å²) in [5.74, 6) is -0.368. The van der Waals surface area contributed by atoms with Crippen LogP contribution in [0.2, 0.25) is 0 Å². The monoisotopic (exact) mass is 549 g/mol. The zero-order chi connectivity index (χ0) is 28.1. The Labute approximate surface area is 234 Å². The van der Waals surface area contributed by atoms with Crippen molar-refractivity contribution in [2.45, 2.75) is 69.6 Å². The summed E-state index contributed by atoms with van der Waals surface area (Å²) < 4.78 is 33.5. The number of benzene rings is 1. The summed E-state index contributed by atoms with van der Waals surface area (Å²) in [6.07, 6.45) is 2.52. The Morgan fingerprint density at radius 3 is 2.50 bits per heavy atom. The molecule has 6 rings (SSSR count). The molecule has 40 heavy (non-hydrogen) atoms. The summed E-state index contributed by atoms with van der Waals surface area (Å²) in [6.45, 7) is 8.46. The quantitative estimate of drug-likeness (QED) is 0.415. The molecule has 212 valence electrons. The van der Waals surface area contributed by atoms with Gasteiger partial charge in [0.25, 0.3) is 5.92 Å². The van der Waals surface area contributed by atoms with Crippen LogP contribution in [0.3, 0.4) is 0 Å². The molecule has 0 amide bonds. The van der Waals surface area contributed by atoms with Gasteiger partial charge in [0.05, 0.1) is 23.9 Å². The Hall–Kier alpha value is -3.37. The highest BCUT2D eigenvalue weighted by atomic mass is 19.3. The van der Waals surface area contributed by atoms with Crippen LogP contribution in [0.15, 0.2) is 48.7 Å². The van der Waals surface area contributed by atoms with Gasteiger partial charge in [0.1, 0.15) is 11.6 Å². The van der Waals surface area contributed by atoms with Crippen LogP contribution in [-0.2, 0) is 16.7 Å². The van der Waals surface area contributed by atoms with Crippen molar-refractivity contribution in [2.75, 3.05) is 41.9 Å². The van der Waals surface area contributed by atoms with E-state index in [1.54, 1.807) is 0 Å². The van der Waals surface area contributed by atoms with E-state index in [-0.39, 0.29) is 29.9 Å². The third kappa shape index (κ3) is 4.99. The third-order valence-corrected chi connectivity index (χ3v) is 8.49. The van der Waals surface area contributed by atoms with E-state index >= 15 is 0 Å². The summed E-state index contributed by atoms with van der Waals surface area (Å²) in [7, 11) is 1.92. The molecule has 0 aliphatic carbocycles. The molecule has 2 atom stereocenters. The molecule has 5 heterocycles. The average molecular weight is 550 g/mol. The first kappa shape index (κ1) is 26.8. The predicted octanol–water partition coefficient (Wildman–Crippen LogP) is 5.55. The lowest BCUT2D eigenvalue weighted by Gasteiger charge is -2.46. The molecule has 3 aromatic rings. The second-order valence-corrected chi connectivity index (χ2v) is 12.0. The maximum absolute atomic E-state index is 13.6. The highest BCUT2D eigenvalue weighted by molar-refractivity contribution is 5.71. The number of ether oxygens (including phenoxy) is 1. The van der Waals surface area contributed by atoms with Crippen molar-refractivity contribution in [3.63, 3.8) is 0 Å². The van der Waals surface area contributed by atoms with E-state index in [2.05, 4.69) is 36.3 Å². The number of fused-ring (bicyclic) bond motifs is 3. The van der Waals surface area contributed by atoms with Crippen molar-refractivity contribution in [2.24, 2.45) is 0 Å². The SMILES string of the molecule is CNCc1cccc(N2c3nc(Nc4ccc(N5CCC(F)(F)CC5)cc4)ncc3[C@@]3(C)COC(C)(C)C[C@@H]23)n1. The number of pyridine rings is 1. The van der Waals surface area contributed by atoms with E-state index in [0.717, 1.165) is 40.7 Å². The van der Waals surface area contributed by atoms with E-state index in [9.17, 15) is 8.78 Å². The van der Waals surface area contributed by atoms with Crippen molar-refractivity contribution in [3.8, 4) is 0 Å². The van der Waals surface area contributed by atoms with E-state index in [4.69, 9.17) is 19.7 Å². The minimum absolute atomic E-state index is 0.110. The van der Waals surface area contributed by atoms with Crippen LogP contribution in [0.4, 0.5) is 37.7 Å². The molecule has 8 nitrogen and oxygen atoms in total. The second-order valence-electron chi connectivity index (χ2n) is 12.0. The molecule has 0 radical (unpaired) electrons. The van der Waals surface area contributed by atoms with Crippen LogP contribution in [0.5, 0.6) is 0 Å². The molecule has 2 fully saturated rings. The van der Waals surface area contributed by atoms with E-state index in [1.165, 1.54) is 0 Å². The number of piperidine rings is 1. The fourth-order valence-electron chi connectivity index (χ4n) is 6.12. The van der Waals surface area contributed by atoms with E-state index < -0.39 is 5.92 Å². The Balaban J connectivity index is 1.30. The fraction of sp³-hybridized carbons (Fsp3) is 0.500. The number of rotatable bonds is 6. The number of hydrogen-bond donors (Lipinski definition) is 2. The van der Waals surface area contributed by atoms with Crippen molar-refractivity contribution in [3.05, 3.63) is 59.9 Å². The average Bonchev–Trinajstić information content (AvgIpc) is 3.16. The highest BCUT2D eigenvalue weighted by Gasteiger charge is 2.55. The summed E-state index contributed by atoms with van der Waals surface area (Å²) >= 11 is 0. The summed E-state index contributed by atoms with van der Waals surface area (Å²) in [5.41, 5.74) is 3.24. The molecule has 3 aliphatic heterocycles. The van der Waals surface area contributed by atoms with Crippen LogP contribution >= 0.6 is 0 Å². The molecule has 0 saturated carbocycles. The Bertz CT molecular complexity index is 1370. The number of nitrogens with one attached hydrogen (secondary N) is 2. The lowest BCUT2D eigenvalue weighted by atomic mass is 9.73. The molecule has 2 N–H and O–H groups in total. The van der Waals surface area contributed by atoms with Gasteiger partial charge in [-0.1, -0.05) is 13.0 Å². The van der Waals surface area contributed by atoms with Gasteiger partial charge in [-0.05, 0) is 63.7 Å². The van der Waals surface area contributed by atoms with Crippen LogP contribution in [-0.4, -0.2) is 59.3 Å². The lowest BCUT2D eigenvalue weighted by Crippen LogP contribution is -2.54. The molecule has 3 aliphatic rings. The predicted molar refractivity (Wildman–Crippen MR) is 153 cm³/mol. The summed E-state index contributed by atoms with van der Waals surface area (Å²) in [6, 6.07) is 14.0. The summed E-state index contributed by atoms with van der Waals surface area (Å²) in [5, 5.41) is 6.53. The van der Waals surface area contributed by atoms with Crippen LogP contribution in [0, 0.1) is 0 Å². The van der Waals surface area contributed by atoms with Gasteiger partial charge in [-0.2, -0.15) is 4.98 Å². The number of alkyl halides is 2. The molecule has 1 aromatic carbocycles. The van der Waals surface area contributed by atoms with Crippen molar-refractivity contribution in [1.29, 1.82) is 0 Å². The fourth-order valence-corrected chi connectivity index (χ4v) is 6.12. The molecule has 2 aromatic heterocycles. The smallest absolute Gasteiger partial charge is 0.251 e. The molecule has 10 heteroatoms. The molecule has 0 bridgehead atoms. The lowest BCUT2D eigenvalue weighted by molar-refractivity contribution is -0.0893. The van der Waals surface area contributed by atoms with Crippen molar-refractivity contribution < 1.29 is 13.5 Å². The zero-order valence-corrected chi connectivity index (χ0v) is 23.5. The van der Waals surface area contributed by atoms with Gasteiger partial charge in [-0.25, -0.2) is 18.7 Å². The molecular weight excluding hydrogens is 512 g/mol. The Morgan fingerprint density at radius 2 is 1.77 bits per heavy atom. The van der Waals surface area contributed by atoms with Crippen molar-refractivity contribution >= 4 is 29.0 Å². The number of aromatic nitrogens is 3. The third-order valence-electron chi connectivity index (χ3n) is 8.49. The van der Waals surface area contributed by atoms with E-state index in [0.29, 0.717) is 32.2 Å². The minimum atomic E-state index is -2.56. The highest BCUT2D eigenvalue weighted by Crippen LogP contribution is 2.53.